The van der Waals surface area contributed by atoms with E-state index in [1.54, 1.807) is 0 Å². The molecule has 2 nitrogen and oxygen atoms in total. The van der Waals surface area contributed by atoms with Crippen LogP contribution >= 0.6 is 11.6 Å². The second-order valence-electron chi connectivity index (χ2n) is 5.30. The lowest BCUT2D eigenvalue weighted by Crippen LogP contribution is -2.55. The summed E-state index contributed by atoms with van der Waals surface area (Å²) in [6.45, 7) is 2.07. The van der Waals surface area contributed by atoms with E-state index in [4.69, 9.17) is 11.6 Å². The third kappa shape index (κ3) is 3.26. The highest BCUT2D eigenvalue weighted by Gasteiger charge is 2.37. The van der Waals surface area contributed by atoms with Crippen molar-refractivity contribution in [3.63, 3.8) is 0 Å². The van der Waals surface area contributed by atoms with Crippen molar-refractivity contribution in [2.75, 3.05) is 5.88 Å². The molecular weight excluding hydrogens is 246 g/mol. The molecule has 0 spiro atoms. The summed E-state index contributed by atoms with van der Waals surface area (Å²) >= 11 is 5.92. The lowest BCUT2D eigenvalue weighted by molar-refractivity contribution is -0.123. The Kier molecular flexibility index (Phi) is 4.28. The summed E-state index contributed by atoms with van der Waals surface area (Å²) in [5, 5.41) is 3.09. The van der Waals surface area contributed by atoms with Gasteiger partial charge in [-0.05, 0) is 38.2 Å². The molecule has 0 bridgehead atoms. The number of alkyl halides is 1. The highest BCUT2D eigenvalue weighted by molar-refractivity contribution is 6.18. The number of halogens is 1. The van der Waals surface area contributed by atoms with Gasteiger partial charge in [0.15, 0.2) is 0 Å². The number of amides is 1. The van der Waals surface area contributed by atoms with Gasteiger partial charge in [-0.1, -0.05) is 29.8 Å². The molecule has 1 amide bonds. The minimum Gasteiger partial charge on any atom is -0.349 e. The Balaban J connectivity index is 1.79. The van der Waals surface area contributed by atoms with Crippen molar-refractivity contribution in [2.24, 2.45) is 0 Å². The lowest BCUT2D eigenvalue weighted by atomic mass is 9.78. The molecule has 2 rings (SSSR count). The highest BCUT2D eigenvalue weighted by Crippen LogP contribution is 2.32. The van der Waals surface area contributed by atoms with Crippen LogP contribution in [0.1, 0.15) is 36.8 Å². The molecule has 0 aliphatic heterocycles. The van der Waals surface area contributed by atoms with Crippen LogP contribution in [0, 0.1) is 6.92 Å². The first-order valence-corrected chi connectivity index (χ1v) is 7.10. The zero-order valence-electron chi connectivity index (χ0n) is 10.8. The van der Waals surface area contributed by atoms with Crippen LogP contribution in [0.25, 0.3) is 0 Å². The van der Waals surface area contributed by atoms with Gasteiger partial charge in [-0.15, -0.1) is 11.6 Å². The third-order valence-electron chi connectivity index (χ3n) is 3.73. The van der Waals surface area contributed by atoms with E-state index in [0.717, 1.165) is 19.3 Å². The number of nitrogens with one attached hydrogen (secondary N) is 1. The fourth-order valence-electron chi connectivity index (χ4n) is 2.27. The molecule has 0 atom stereocenters. The Morgan fingerprint density at radius 3 is 2.50 bits per heavy atom. The lowest BCUT2D eigenvalue weighted by Gasteiger charge is -2.41. The largest absolute Gasteiger partial charge is 0.349 e. The minimum absolute atomic E-state index is 0.105. The Labute approximate surface area is 114 Å². The van der Waals surface area contributed by atoms with Crippen molar-refractivity contribution in [3.05, 3.63) is 35.4 Å². The van der Waals surface area contributed by atoms with E-state index < -0.39 is 0 Å². The Morgan fingerprint density at radius 1 is 1.33 bits per heavy atom. The fourth-order valence-corrected chi connectivity index (χ4v) is 2.60. The van der Waals surface area contributed by atoms with Gasteiger partial charge in [0.2, 0.25) is 5.91 Å². The zero-order valence-corrected chi connectivity index (χ0v) is 11.6. The molecule has 0 radical (unpaired) electrons. The van der Waals surface area contributed by atoms with Gasteiger partial charge in [-0.3, -0.25) is 4.79 Å². The maximum atomic E-state index is 11.9. The van der Waals surface area contributed by atoms with Gasteiger partial charge < -0.3 is 5.32 Å². The summed E-state index contributed by atoms with van der Waals surface area (Å²) in [7, 11) is 0. The molecule has 1 aromatic carbocycles. The Bertz CT molecular complexity index is 403. The zero-order chi connectivity index (χ0) is 13.0. The average molecular weight is 266 g/mol. The monoisotopic (exact) mass is 265 g/mol. The molecule has 1 fully saturated rings. The van der Waals surface area contributed by atoms with Crippen LogP contribution in [0.15, 0.2) is 24.3 Å². The van der Waals surface area contributed by atoms with E-state index in [1.165, 1.54) is 17.5 Å². The quantitative estimate of drug-likeness (QED) is 0.814. The number of hydrogen-bond donors (Lipinski definition) is 1. The second-order valence-corrected chi connectivity index (χ2v) is 5.57. The molecule has 98 valence electrons. The molecule has 1 N–H and O–H groups in total. The highest BCUT2D eigenvalue weighted by atomic mass is 35.5. The van der Waals surface area contributed by atoms with Crippen LogP contribution in [0.5, 0.6) is 0 Å². The van der Waals surface area contributed by atoms with Gasteiger partial charge in [0.25, 0.3) is 0 Å². The molecule has 0 saturated heterocycles. The van der Waals surface area contributed by atoms with Gasteiger partial charge in [0.1, 0.15) is 0 Å². The smallest absolute Gasteiger partial charge is 0.220 e. The number of benzene rings is 1. The van der Waals surface area contributed by atoms with Crippen molar-refractivity contribution in [1.82, 2.24) is 5.32 Å². The predicted molar refractivity (Wildman–Crippen MR) is 74.9 cm³/mol. The summed E-state index contributed by atoms with van der Waals surface area (Å²) in [6, 6.07) is 8.34. The maximum absolute atomic E-state index is 11.9. The fraction of sp³-hybridized carbons (Fsp3) is 0.533. The number of rotatable bonds is 5. The topological polar surface area (TPSA) is 29.1 Å². The summed E-state index contributed by atoms with van der Waals surface area (Å²) in [5.41, 5.74) is 2.36. The van der Waals surface area contributed by atoms with Crippen molar-refractivity contribution in [3.8, 4) is 0 Å². The van der Waals surface area contributed by atoms with Gasteiger partial charge in [0.05, 0.1) is 5.54 Å². The first-order chi connectivity index (χ1) is 8.63. The van der Waals surface area contributed by atoms with Crippen LogP contribution in [-0.2, 0) is 11.2 Å². The van der Waals surface area contributed by atoms with Gasteiger partial charge in [-0.25, -0.2) is 0 Å². The predicted octanol–water partition coefficient (Wildman–Crippen LogP) is 3.21. The first kappa shape index (κ1) is 13.4. The van der Waals surface area contributed by atoms with E-state index in [1.807, 2.05) is 0 Å². The number of aryl methyl sites for hydroxylation is 2. The molecule has 1 aliphatic rings. The van der Waals surface area contributed by atoms with Crippen LogP contribution in [0.2, 0.25) is 0 Å². The second kappa shape index (κ2) is 5.75. The Hall–Kier alpha value is -1.02. The summed E-state index contributed by atoms with van der Waals surface area (Å²) < 4.78 is 0. The van der Waals surface area contributed by atoms with Crippen LogP contribution in [0.3, 0.4) is 0 Å². The molecule has 1 aliphatic carbocycles. The van der Waals surface area contributed by atoms with Crippen molar-refractivity contribution >= 4 is 17.5 Å². The minimum atomic E-state index is -0.105. The summed E-state index contributed by atoms with van der Waals surface area (Å²) in [5.74, 6) is 0.652. The molecule has 0 heterocycles. The summed E-state index contributed by atoms with van der Waals surface area (Å²) in [6.07, 6.45) is 4.55. The van der Waals surface area contributed by atoms with E-state index in [2.05, 4.69) is 36.5 Å². The standard InChI is InChI=1S/C15H20ClNO/c1-12-3-5-13(6-4-12)7-8-14(18)17-15(11-16)9-2-10-15/h3-6H,2,7-11H2,1H3,(H,17,18). The van der Waals surface area contributed by atoms with E-state index >= 15 is 0 Å². The van der Waals surface area contributed by atoms with Crippen molar-refractivity contribution in [2.45, 2.75) is 44.6 Å². The third-order valence-corrected chi connectivity index (χ3v) is 4.24. The number of carbonyl (C=O) groups excluding carboxylic acids is 1. The molecule has 3 heteroatoms. The van der Waals surface area contributed by atoms with Crippen LogP contribution < -0.4 is 5.32 Å². The SMILES string of the molecule is Cc1ccc(CCC(=O)NC2(CCl)CCC2)cc1. The summed E-state index contributed by atoms with van der Waals surface area (Å²) in [4.78, 5) is 11.9. The van der Waals surface area contributed by atoms with Gasteiger partial charge in [-0.2, -0.15) is 0 Å². The Morgan fingerprint density at radius 2 is 2.00 bits per heavy atom. The number of carbonyl (C=O) groups is 1. The van der Waals surface area contributed by atoms with E-state index in [0.29, 0.717) is 12.3 Å². The molecular formula is C15H20ClNO. The molecule has 1 saturated carbocycles. The van der Waals surface area contributed by atoms with Crippen LogP contribution in [0.4, 0.5) is 0 Å². The molecule has 0 aromatic heterocycles. The first-order valence-electron chi connectivity index (χ1n) is 6.56. The number of hydrogen-bond acceptors (Lipinski definition) is 1. The molecule has 18 heavy (non-hydrogen) atoms. The van der Waals surface area contributed by atoms with Crippen molar-refractivity contribution in [1.29, 1.82) is 0 Å². The van der Waals surface area contributed by atoms with E-state index in [-0.39, 0.29) is 11.4 Å². The van der Waals surface area contributed by atoms with Gasteiger partial charge >= 0.3 is 0 Å². The molecule has 1 aromatic rings. The van der Waals surface area contributed by atoms with E-state index in [9.17, 15) is 4.79 Å². The average Bonchev–Trinajstić information content (AvgIpc) is 2.33. The normalized spacial score (nSPS) is 17.0. The van der Waals surface area contributed by atoms with Gasteiger partial charge in [0, 0.05) is 12.3 Å². The van der Waals surface area contributed by atoms with Crippen LogP contribution in [-0.4, -0.2) is 17.3 Å². The maximum Gasteiger partial charge on any atom is 0.220 e. The molecule has 0 unspecified atom stereocenters. The van der Waals surface area contributed by atoms with Crippen molar-refractivity contribution < 1.29 is 4.79 Å².